The molecule has 0 aliphatic carbocycles. The number of unbranched alkanes of at least 4 members (excludes halogenated alkanes) is 9. The number of aromatic hydroxyl groups is 3. The Bertz CT molecular complexity index is 1090. The summed E-state index contributed by atoms with van der Waals surface area (Å²) in [5.74, 6) is -1.79. The number of hydrogen-bond acceptors (Lipinski definition) is 5. The predicted molar refractivity (Wildman–Crippen MR) is 136 cm³/mol. The highest BCUT2D eigenvalue weighted by molar-refractivity contribution is 6.08. The standard InChI is InChI=1S/C29H36O5/c1-2-3-4-5-6-7-8-9-10-11-15-21-17-14-19-25(27(21)31)34-29(33)26-23-18-13-12-16-22(23)20-24(30)28(26)32/h12-14,16-20,30-32H,2-11,15H2,1H3. The van der Waals surface area contributed by atoms with Gasteiger partial charge in [-0.25, -0.2) is 4.79 Å². The van der Waals surface area contributed by atoms with Gasteiger partial charge in [0, 0.05) is 5.39 Å². The molecule has 3 N–H and O–H groups in total. The maximum absolute atomic E-state index is 12.9. The number of benzene rings is 3. The van der Waals surface area contributed by atoms with Gasteiger partial charge in [0.05, 0.1) is 0 Å². The summed E-state index contributed by atoms with van der Waals surface area (Å²) < 4.78 is 5.46. The van der Waals surface area contributed by atoms with E-state index in [9.17, 15) is 20.1 Å². The minimum atomic E-state index is -0.837. The van der Waals surface area contributed by atoms with Crippen molar-refractivity contribution in [1.82, 2.24) is 0 Å². The van der Waals surface area contributed by atoms with E-state index in [4.69, 9.17) is 4.74 Å². The fourth-order valence-electron chi connectivity index (χ4n) is 4.33. The highest BCUT2D eigenvalue weighted by atomic mass is 16.5. The second kappa shape index (κ2) is 12.9. The van der Waals surface area contributed by atoms with Gasteiger partial charge in [-0.05, 0) is 35.9 Å². The fraction of sp³-hybridized carbons (Fsp3) is 0.414. The normalized spacial score (nSPS) is 11.1. The van der Waals surface area contributed by atoms with Crippen molar-refractivity contribution >= 4 is 16.7 Å². The second-order valence-corrected chi connectivity index (χ2v) is 8.93. The Kier molecular flexibility index (Phi) is 9.62. The zero-order valence-corrected chi connectivity index (χ0v) is 20.1. The molecule has 182 valence electrons. The monoisotopic (exact) mass is 464 g/mol. The third-order valence-electron chi connectivity index (χ3n) is 6.29. The van der Waals surface area contributed by atoms with E-state index in [1.807, 2.05) is 6.07 Å². The Morgan fingerprint density at radius 2 is 1.41 bits per heavy atom. The summed E-state index contributed by atoms with van der Waals surface area (Å²) in [5.41, 5.74) is 0.602. The van der Waals surface area contributed by atoms with Crippen LogP contribution in [0.5, 0.6) is 23.0 Å². The molecule has 5 nitrogen and oxygen atoms in total. The molecule has 3 aromatic carbocycles. The predicted octanol–water partition coefficient (Wildman–Crippen LogP) is 7.64. The molecule has 5 heteroatoms. The largest absolute Gasteiger partial charge is 0.504 e. The number of para-hydroxylation sites is 1. The quantitative estimate of drug-likeness (QED) is 0.105. The number of esters is 1. The number of hydrogen-bond donors (Lipinski definition) is 3. The molecule has 0 heterocycles. The van der Waals surface area contributed by atoms with Gasteiger partial charge in [-0.3, -0.25) is 0 Å². The smallest absolute Gasteiger partial charge is 0.348 e. The molecule has 34 heavy (non-hydrogen) atoms. The second-order valence-electron chi connectivity index (χ2n) is 8.93. The van der Waals surface area contributed by atoms with Gasteiger partial charge in [0.1, 0.15) is 5.56 Å². The zero-order chi connectivity index (χ0) is 24.3. The van der Waals surface area contributed by atoms with Gasteiger partial charge in [-0.15, -0.1) is 0 Å². The van der Waals surface area contributed by atoms with Crippen LogP contribution in [0.2, 0.25) is 0 Å². The van der Waals surface area contributed by atoms with Crippen LogP contribution in [0.1, 0.15) is 87.1 Å². The van der Waals surface area contributed by atoms with Gasteiger partial charge in [0.2, 0.25) is 0 Å². The first kappa shape index (κ1) is 25.4. The molecule has 0 radical (unpaired) electrons. The molecule has 0 saturated carbocycles. The molecule has 0 unspecified atom stereocenters. The third-order valence-corrected chi connectivity index (χ3v) is 6.29. The van der Waals surface area contributed by atoms with Crippen molar-refractivity contribution in [1.29, 1.82) is 0 Å². The molecule has 0 aromatic heterocycles. The lowest BCUT2D eigenvalue weighted by atomic mass is 10.0. The van der Waals surface area contributed by atoms with Crippen molar-refractivity contribution < 1.29 is 24.9 Å². The number of aryl methyl sites for hydroxylation is 1. The molecular formula is C29H36O5. The average Bonchev–Trinajstić information content (AvgIpc) is 2.83. The van der Waals surface area contributed by atoms with Crippen LogP contribution >= 0.6 is 0 Å². The Balaban J connectivity index is 1.56. The lowest BCUT2D eigenvalue weighted by Gasteiger charge is -2.13. The molecular weight excluding hydrogens is 428 g/mol. The van der Waals surface area contributed by atoms with E-state index in [-0.39, 0.29) is 17.1 Å². The number of rotatable bonds is 13. The number of phenols is 3. The van der Waals surface area contributed by atoms with E-state index in [2.05, 4.69) is 6.92 Å². The van der Waals surface area contributed by atoms with E-state index in [0.29, 0.717) is 17.2 Å². The van der Waals surface area contributed by atoms with E-state index < -0.39 is 17.5 Å². The van der Waals surface area contributed by atoms with Crippen molar-refractivity contribution in [2.45, 2.75) is 77.6 Å². The van der Waals surface area contributed by atoms with Crippen LogP contribution in [-0.2, 0) is 6.42 Å². The highest BCUT2D eigenvalue weighted by Gasteiger charge is 2.22. The van der Waals surface area contributed by atoms with Crippen molar-refractivity contribution in [3.8, 4) is 23.0 Å². The summed E-state index contributed by atoms with van der Waals surface area (Å²) >= 11 is 0. The number of fused-ring (bicyclic) bond motifs is 1. The van der Waals surface area contributed by atoms with E-state index in [0.717, 1.165) is 18.4 Å². The number of carbonyl (C=O) groups is 1. The highest BCUT2D eigenvalue weighted by Crippen LogP contribution is 2.38. The topological polar surface area (TPSA) is 87.0 Å². The fourth-order valence-corrected chi connectivity index (χ4v) is 4.33. The minimum absolute atomic E-state index is 0.0430. The van der Waals surface area contributed by atoms with Crippen LogP contribution in [0, 0.1) is 0 Å². The van der Waals surface area contributed by atoms with Gasteiger partial charge in [0.25, 0.3) is 0 Å². The van der Waals surface area contributed by atoms with E-state index >= 15 is 0 Å². The first-order valence-electron chi connectivity index (χ1n) is 12.5. The molecule has 0 amide bonds. The average molecular weight is 465 g/mol. The maximum Gasteiger partial charge on any atom is 0.348 e. The summed E-state index contributed by atoms with van der Waals surface area (Å²) in [6, 6.07) is 13.4. The molecule has 3 aromatic rings. The van der Waals surface area contributed by atoms with Crippen LogP contribution in [-0.4, -0.2) is 21.3 Å². The number of ether oxygens (including phenoxy) is 1. The Morgan fingerprint density at radius 1 is 0.765 bits per heavy atom. The first-order chi connectivity index (χ1) is 16.5. The van der Waals surface area contributed by atoms with Crippen molar-refractivity contribution in [2.75, 3.05) is 0 Å². The summed E-state index contributed by atoms with van der Waals surface area (Å²) in [6.45, 7) is 2.24. The van der Waals surface area contributed by atoms with Crippen LogP contribution in [0.3, 0.4) is 0 Å². The molecule has 3 rings (SSSR count). The number of phenolic OH excluding ortho intramolecular Hbond substituents is 3. The Labute approximate surface area is 202 Å². The molecule has 0 saturated heterocycles. The maximum atomic E-state index is 12.9. The third kappa shape index (κ3) is 6.66. The Morgan fingerprint density at radius 3 is 2.12 bits per heavy atom. The van der Waals surface area contributed by atoms with Gasteiger partial charge < -0.3 is 20.1 Å². The lowest BCUT2D eigenvalue weighted by molar-refractivity contribution is 0.0728. The Hall–Kier alpha value is -3.21. The number of carbonyl (C=O) groups excluding carboxylic acids is 1. The SMILES string of the molecule is CCCCCCCCCCCCc1cccc(OC(=O)c2c(O)c(O)cc3ccccc23)c1O. The molecule has 0 bridgehead atoms. The zero-order valence-electron chi connectivity index (χ0n) is 20.1. The van der Waals surface area contributed by atoms with Gasteiger partial charge in [-0.2, -0.15) is 0 Å². The van der Waals surface area contributed by atoms with E-state index in [1.165, 1.54) is 63.5 Å². The summed E-state index contributed by atoms with van der Waals surface area (Å²) in [6.07, 6.45) is 13.1. The molecule has 0 spiro atoms. The van der Waals surface area contributed by atoms with Gasteiger partial charge in [0.15, 0.2) is 23.0 Å². The summed E-state index contributed by atoms with van der Waals surface area (Å²) in [7, 11) is 0. The molecule has 0 aliphatic heterocycles. The van der Waals surface area contributed by atoms with Crippen molar-refractivity contribution in [3.05, 3.63) is 59.7 Å². The van der Waals surface area contributed by atoms with Crippen LogP contribution in [0.25, 0.3) is 10.8 Å². The van der Waals surface area contributed by atoms with Crippen LogP contribution < -0.4 is 4.74 Å². The molecule has 0 atom stereocenters. The van der Waals surface area contributed by atoms with Crippen LogP contribution in [0.4, 0.5) is 0 Å². The van der Waals surface area contributed by atoms with Crippen molar-refractivity contribution in [3.63, 3.8) is 0 Å². The first-order valence-corrected chi connectivity index (χ1v) is 12.5. The lowest BCUT2D eigenvalue weighted by Crippen LogP contribution is -2.10. The van der Waals surface area contributed by atoms with E-state index in [1.54, 1.807) is 30.3 Å². The summed E-state index contributed by atoms with van der Waals surface area (Å²) in [5, 5.41) is 32.1. The van der Waals surface area contributed by atoms with Gasteiger partial charge >= 0.3 is 5.97 Å². The molecule has 0 fully saturated rings. The minimum Gasteiger partial charge on any atom is -0.504 e. The van der Waals surface area contributed by atoms with Crippen molar-refractivity contribution in [2.24, 2.45) is 0 Å². The van der Waals surface area contributed by atoms with Gasteiger partial charge in [-0.1, -0.05) is 101 Å². The van der Waals surface area contributed by atoms with Crippen LogP contribution in [0.15, 0.2) is 48.5 Å². The summed E-state index contributed by atoms with van der Waals surface area (Å²) in [4.78, 5) is 12.9. The molecule has 0 aliphatic rings.